The van der Waals surface area contributed by atoms with Gasteiger partial charge in [0.25, 0.3) is 0 Å². The van der Waals surface area contributed by atoms with E-state index in [9.17, 15) is 4.79 Å². The van der Waals surface area contributed by atoms with Crippen LogP contribution in [0.25, 0.3) is 0 Å². The topological polar surface area (TPSA) is 66.0 Å². The zero-order valence-corrected chi connectivity index (χ0v) is 11.9. The van der Waals surface area contributed by atoms with Crippen LogP contribution in [0.5, 0.6) is 11.5 Å². The number of morpholine rings is 1. The third-order valence-electron chi connectivity index (χ3n) is 3.20. The molecule has 0 saturated carbocycles. The molecule has 20 heavy (non-hydrogen) atoms. The summed E-state index contributed by atoms with van der Waals surface area (Å²) < 4.78 is 21.2. The Labute approximate surface area is 118 Å². The van der Waals surface area contributed by atoms with Crippen molar-refractivity contribution in [3.63, 3.8) is 0 Å². The molecule has 0 aromatic heterocycles. The Morgan fingerprint density at radius 1 is 1.30 bits per heavy atom. The summed E-state index contributed by atoms with van der Waals surface area (Å²) in [6.45, 7) is 2.08. The molecule has 1 unspecified atom stereocenters. The molecule has 1 N–H and O–H groups in total. The first kappa shape index (κ1) is 14.6. The number of benzene rings is 1. The van der Waals surface area contributed by atoms with Crippen molar-refractivity contribution >= 4 is 5.97 Å². The van der Waals surface area contributed by atoms with Gasteiger partial charge in [-0.2, -0.15) is 0 Å². The summed E-state index contributed by atoms with van der Waals surface area (Å²) in [5.41, 5.74) is 1.19. The fourth-order valence-electron chi connectivity index (χ4n) is 2.23. The number of nitrogens with one attached hydrogen (secondary N) is 1. The van der Waals surface area contributed by atoms with E-state index in [4.69, 9.17) is 18.9 Å². The van der Waals surface area contributed by atoms with Crippen LogP contribution in [0, 0.1) is 0 Å². The Morgan fingerprint density at radius 3 is 2.65 bits per heavy atom. The minimum atomic E-state index is -0.420. The van der Waals surface area contributed by atoms with E-state index in [0.717, 1.165) is 12.1 Å². The molecular weight excluding hydrogens is 262 g/mol. The van der Waals surface area contributed by atoms with Gasteiger partial charge in [0.05, 0.1) is 39.6 Å². The Bertz CT molecular complexity index is 483. The van der Waals surface area contributed by atoms with Crippen LogP contribution in [0.4, 0.5) is 0 Å². The van der Waals surface area contributed by atoms with Crippen LogP contribution < -0.4 is 14.8 Å². The molecule has 0 aliphatic carbocycles. The molecule has 1 saturated heterocycles. The maximum atomic E-state index is 11.7. The van der Waals surface area contributed by atoms with Crippen LogP contribution >= 0.6 is 0 Å². The quantitative estimate of drug-likeness (QED) is 0.835. The van der Waals surface area contributed by atoms with E-state index in [1.165, 1.54) is 14.2 Å². The maximum absolute atomic E-state index is 11.7. The van der Waals surface area contributed by atoms with Gasteiger partial charge in [-0.3, -0.25) is 0 Å². The van der Waals surface area contributed by atoms with Gasteiger partial charge in [-0.25, -0.2) is 4.79 Å². The molecule has 1 aliphatic rings. The van der Waals surface area contributed by atoms with E-state index in [1.54, 1.807) is 19.2 Å². The average Bonchev–Trinajstić information content (AvgIpc) is 2.53. The van der Waals surface area contributed by atoms with E-state index in [1.807, 2.05) is 0 Å². The Balaban J connectivity index is 2.47. The molecule has 2 rings (SSSR count). The standard InChI is InChI=1S/C14H19NO5/c1-17-11-7-9(14(16)19-3)6-10(13(11)18-2)12-8-15-4-5-20-12/h6-7,12,15H,4-5,8H2,1-3H3. The van der Waals surface area contributed by atoms with Gasteiger partial charge < -0.3 is 24.3 Å². The molecule has 1 aromatic carbocycles. The molecule has 1 heterocycles. The number of carbonyl (C=O) groups excluding carboxylic acids is 1. The summed E-state index contributed by atoms with van der Waals surface area (Å²) in [5, 5.41) is 3.25. The highest BCUT2D eigenvalue weighted by molar-refractivity contribution is 5.90. The monoisotopic (exact) mass is 281 g/mol. The van der Waals surface area contributed by atoms with E-state index in [-0.39, 0.29) is 6.10 Å². The second-order valence-electron chi connectivity index (χ2n) is 4.36. The van der Waals surface area contributed by atoms with Crippen molar-refractivity contribution in [1.82, 2.24) is 5.32 Å². The van der Waals surface area contributed by atoms with Crippen molar-refractivity contribution in [2.75, 3.05) is 41.0 Å². The molecule has 6 nitrogen and oxygen atoms in total. The van der Waals surface area contributed by atoms with E-state index >= 15 is 0 Å². The Hall–Kier alpha value is -1.79. The van der Waals surface area contributed by atoms with Crippen molar-refractivity contribution in [2.45, 2.75) is 6.10 Å². The molecule has 1 aromatic rings. The zero-order chi connectivity index (χ0) is 14.5. The summed E-state index contributed by atoms with van der Waals surface area (Å²) >= 11 is 0. The Morgan fingerprint density at radius 2 is 2.10 bits per heavy atom. The van der Waals surface area contributed by atoms with E-state index in [2.05, 4.69) is 5.32 Å². The summed E-state index contributed by atoms with van der Waals surface area (Å²) in [7, 11) is 4.44. The van der Waals surface area contributed by atoms with Crippen LogP contribution in [-0.2, 0) is 9.47 Å². The first-order valence-electron chi connectivity index (χ1n) is 6.37. The Kier molecular flexibility index (Phi) is 4.81. The largest absolute Gasteiger partial charge is 0.493 e. The molecule has 0 amide bonds. The third kappa shape index (κ3) is 2.86. The molecule has 0 radical (unpaired) electrons. The molecule has 1 aliphatic heterocycles. The predicted molar refractivity (Wildman–Crippen MR) is 72.4 cm³/mol. The van der Waals surface area contributed by atoms with Gasteiger partial charge in [-0.1, -0.05) is 0 Å². The van der Waals surface area contributed by atoms with Crippen molar-refractivity contribution in [1.29, 1.82) is 0 Å². The number of hydrogen-bond acceptors (Lipinski definition) is 6. The van der Waals surface area contributed by atoms with Crippen LogP contribution in [0.1, 0.15) is 22.0 Å². The van der Waals surface area contributed by atoms with E-state index < -0.39 is 5.97 Å². The zero-order valence-electron chi connectivity index (χ0n) is 11.9. The van der Waals surface area contributed by atoms with Crippen molar-refractivity contribution in [3.05, 3.63) is 23.3 Å². The van der Waals surface area contributed by atoms with Crippen molar-refractivity contribution in [2.24, 2.45) is 0 Å². The number of hydrogen-bond donors (Lipinski definition) is 1. The van der Waals surface area contributed by atoms with Gasteiger partial charge >= 0.3 is 5.97 Å². The lowest BCUT2D eigenvalue weighted by Gasteiger charge is -2.26. The second-order valence-corrected chi connectivity index (χ2v) is 4.36. The summed E-state index contributed by atoms with van der Waals surface area (Å²) in [6.07, 6.45) is -0.183. The number of esters is 1. The fourth-order valence-corrected chi connectivity index (χ4v) is 2.23. The van der Waals surface area contributed by atoms with Gasteiger partial charge in [0.1, 0.15) is 0 Å². The average molecular weight is 281 g/mol. The van der Waals surface area contributed by atoms with Crippen LogP contribution in [0.3, 0.4) is 0 Å². The predicted octanol–water partition coefficient (Wildman–Crippen LogP) is 1.15. The van der Waals surface area contributed by atoms with Crippen LogP contribution in [0.15, 0.2) is 12.1 Å². The molecule has 6 heteroatoms. The number of methoxy groups -OCH3 is 3. The second kappa shape index (κ2) is 6.58. The first-order chi connectivity index (χ1) is 9.71. The molecule has 0 bridgehead atoms. The highest BCUT2D eigenvalue weighted by Crippen LogP contribution is 2.38. The van der Waals surface area contributed by atoms with Gasteiger partial charge in [-0.05, 0) is 12.1 Å². The molecule has 110 valence electrons. The van der Waals surface area contributed by atoms with Crippen LogP contribution in [0.2, 0.25) is 0 Å². The lowest BCUT2D eigenvalue weighted by molar-refractivity contribution is 0.0259. The molecule has 1 atom stereocenters. The number of ether oxygens (including phenoxy) is 4. The molecule has 0 spiro atoms. The smallest absolute Gasteiger partial charge is 0.337 e. The number of carbonyl (C=O) groups is 1. The SMILES string of the molecule is COC(=O)c1cc(OC)c(OC)c(C2CNCCO2)c1. The van der Waals surface area contributed by atoms with Gasteiger partial charge in [0.2, 0.25) is 0 Å². The van der Waals surface area contributed by atoms with Crippen molar-refractivity contribution in [3.8, 4) is 11.5 Å². The summed E-state index contributed by atoms with van der Waals surface area (Å²) in [4.78, 5) is 11.7. The fraction of sp³-hybridized carbons (Fsp3) is 0.500. The minimum Gasteiger partial charge on any atom is -0.493 e. The minimum absolute atomic E-state index is 0.183. The molecule has 1 fully saturated rings. The lowest BCUT2D eigenvalue weighted by Crippen LogP contribution is -2.33. The van der Waals surface area contributed by atoms with Crippen LogP contribution in [-0.4, -0.2) is 47.0 Å². The lowest BCUT2D eigenvalue weighted by atomic mass is 10.0. The van der Waals surface area contributed by atoms with Gasteiger partial charge in [0, 0.05) is 18.7 Å². The van der Waals surface area contributed by atoms with Crippen molar-refractivity contribution < 1.29 is 23.7 Å². The highest BCUT2D eigenvalue weighted by atomic mass is 16.5. The van der Waals surface area contributed by atoms with Gasteiger partial charge in [0.15, 0.2) is 11.5 Å². The summed E-state index contributed by atoms with van der Waals surface area (Å²) in [5.74, 6) is 0.643. The third-order valence-corrected chi connectivity index (χ3v) is 3.20. The maximum Gasteiger partial charge on any atom is 0.337 e. The summed E-state index contributed by atoms with van der Waals surface area (Å²) in [6, 6.07) is 3.33. The number of rotatable bonds is 4. The molecular formula is C14H19NO5. The highest BCUT2D eigenvalue weighted by Gasteiger charge is 2.24. The van der Waals surface area contributed by atoms with E-state index in [0.29, 0.717) is 30.2 Å². The normalized spacial score (nSPS) is 18.4. The van der Waals surface area contributed by atoms with Gasteiger partial charge in [-0.15, -0.1) is 0 Å². The first-order valence-corrected chi connectivity index (χ1v) is 6.37.